The van der Waals surface area contributed by atoms with Crippen molar-refractivity contribution in [3.8, 4) is 0 Å². The zero-order chi connectivity index (χ0) is 13.4. The Morgan fingerprint density at radius 2 is 1.94 bits per heavy atom. The maximum atomic E-state index is 12.5. The Morgan fingerprint density at radius 3 is 2.44 bits per heavy atom. The Balaban J connectivity index is 2.87. The van der Waals surface area contributed by atoms with Crippen molar-refractivity contribution in [2.45, 2.75) is 32.6 Å². The first kappa shape index (κ1) is 14.7. The smallest absolute Gasteiger partial charge is 0.230 e. The zero-order valence-corrected chi connectivity index (χ0v) is 11.3. The van der Waals surface area contributed by atoms with Crippen LogP contribution in [0, 0.1) is 0 Å². The molecule has 0 unspecified atom stereocenters. The van der Waals surface area contributed by atoms with E-state index in [-0.39, 0.29) is 18.4 Å². The first-order valence-corrected chi connectivity index (χ1v) is 6.69. The van der Waals surface area contributed by atoms with Crippen molar-refractivity contribution in [3.63, 3.8) is 0 Å². The van der Waals surface area contributed by atoms with Gasteiger partial charge in [-0.15, -0.1) is 0 Å². The molecule has 18 heavy (non-hydrogen) atoms. The highest BCUT2D eigenvalue weighted by molar-refractivity contribution is 5.83. The highest BCUT2D eigenvalue weighted by atomic mass is 16.3. The molecule has 0 aliphatic rings. The Kier molecular flexibility index (Phi) is 6.44. The van der Waals surface area contributed by atoms with Crippen LogP contribution >= 0.6 is 0 Å². The van der Waals surface area contributed by atoms with Crippen LogP contribution in [0.3, 0.4) is 0 Å². The summed E-state index contributed by atoms with van der Waals surface area (Å²) < 4.78 is 0. The van der Waals surface area contributed by atoms with E-state index in [1.165, 1.54) is 0 Å². The van der Waals surface area contributed by atoms with Gasteiger partial charge < -0.3 is 10.0 Å². The van der Waals surface area contributed by atoms with E-state index in [9.17, 15) is 4.79 Å². The summed E-state index contributed by atoms with van der Waals surface area (Å²) in [5, 5.41) is 9.01. The van der Waals surface area contributed by atoms with E-state index in [0.717, 1.165) is 18.4 Å². The molecule has 1 N–H and O–H groups in total. The Morgan fingerprint density at radius 1 is 1.28 bits per heavy atom. The summed E-state index contributed by atoms with van der Waals surface area (Å²) >= 11 is 0. The molecule has 1 atom stereocenters. The van der Waals surface area contributed by atoms with E-state index < -0.39 is 0 Å². The number of amides is 1. The number of aliphatic hydroxyl groups excluding tert-OH is 1. The van der Waals surface area contributed by atoms with Gasteiger partial charge in [0.05, 0.1) is 12.5 Å². The fraction of sp³-hybridized carbons (Fsp3) is 0.533. The van der Waals surface area contributed by atoms with Gasteiger partial charge in [0.1, 0.15) is 0 Å². The summed E-state index contributed by atoms with van der Waals surface area (Å²) in [4.78, 5) is 14.2. The fourth-order valence-corrected chi connectivity index (χ4v) is 2.17. The molecule has 0 spiro atoms. The lowest BCUT2D eigenvalue weighted by molar-refractivity contribution is -0.133. The first-order chi connectivity index (χ1) is 8.74. The van der Waals surface area contributed by atoms with Crippen LogP contribution in [0.5, 0.6) is 0 Å². The summed E-state index contributed by atoms with van der Waals surface area (Å²) in [5.41, 5.74) is 1.07. The van der Waals surface area contributed by atoms with Crippen LogP contribution < -0.4 is 0 Å². The van der Waals surface area contributed by atoms with E-state index in [1.54, 1.807) is 4.90 Å². The van der Waals surface area contributed by atoms with Gasteiger partial charge >= 0.3 is 0 Å². The first-order valence-electron chi connectivity index (χ1n) is 6.69. The minimum atomic E-state index is -0.0808. The Labute approximate surface area is 109 Å². The number of aliphatic hydroxyl groups is 1. The number of hydrogen-bond acceptors (Lipinski definition) is 2. The highest BCUT2D eigenvalue weighted by Gasteiger charge is 2.23. The number of carbonyl (C=O) groups excluding carboxylic acids is 1. The molecule has 1 aromatic rings. The summed E-state index contributed by atoms with van der Waals surface area (Å²) in [7, 11) is 0. The Hall–Kier alpha value is -1.35. The monoisotopic (exact) mass is 249 g/mol. The third-order valence-corrected chi connectivity index (χ3v) is 3.14. The van der Waals surface area contributed by atoms with Crippen LogP contribution in [0.1, 0.15) is 38.2 Å². The molecular weight excluding hydrogens is 226 g/mol. The lowest BCUT2D eigenvalue weighted by Crippen LogP contribution is -2.37. The van der Waals surface area contributed by atoms with Crippen LogP contribution in [-0.4, -0.2) is 35.6 Å². The Bertz CT molecular complexity index is 351. The molecule has 100 valence electrons. The molecule has 1 aromatic carbocycles. The SMILES string of the molecule is CCC[C@H](C(=O)N(CC)CCO)c1ccccc1. The average Bonchev–Trinajstić information content (AvgIpc) is 2.42. The fourth-order valence-electron chi connectivity index (χ4n) is 2.17. The number of carbonyl (C=O) groups is 1. The van der Waals surface area contributed by atoms with Crippen LogP contribution in [0.2, 0.25) is 0 Å². The van der Waals surface area contributed by atoms with E-state index in [2.05, 4.69) is 6.92 Å². The largest absolute Gasteiger partial charge is 0.395 e. The van der Waals surface area contributed by atoms with Crippen LogP contribution in [0.4, 0.5) is 0 Å². The molecule has 1 rings (SSSR count). The lowest BCUT2D eigenvalue weighted by Gasteiger charge is -2.25. The van der Waals surface area contributed by atoms with E-state index >= 15 is 0 Å². The molecule has 0 aliphatic carbocycles. The zero-order valence-electron chi connectivity index (χ0n) is 11.3. The number of nitrogens with zero attached hydrogens (tertiary/aromatic N) is 1. The molecular formula is C15H23NO2. The molecule has 0 radical (unpaired) electrons. The predicted molar refractivity (Wildman–Crippen MR) is 73.4 cm³/mol. The van der Waals surface area contributed by atoms with E-state index in [0.29, 0.717) is 13.1 Å². The van der Waals surface area contributed by atoms with Gasteiger partial charge in [0.25, 0.3) is 0 Å². The van der Waals surface area contributed by atoms with Gasteiger partial charge in [0.15, 0.2) is 0 Å². The minimum Gasteiger partial charge on any atom is -0.395 e. The van der Waals surface area contributed by atoms with Gasteiger partial charge in [0.2, 0.25) is 5.91 Å². The molecule has 0 heterocycles. The van der Waals surface area contributed by atoms with Crippen LogP contribution in [0.25, 0.3) is 0 Å². The summed E-state index contributed by atoms with van der Waals surface area (Å²) in [5.74, 6) is 0.0438. The van der Waals surface area contributed by atoms with Crippen LogP contribution in [0.15, 0.2) is 30.3 Å². The maximum Gasteiger partial charge on any atom is 0.230 e. The molecule has 0 aliphatic heterocycles. The number of rotatable bonds is 7. The van der Waals surface area contributed by atoms with Crippen LogP contribution in [-0.2, 0) is 4.79 Å². The van der Waals surface area contributed by atoms with Gasteiger partial charge in [-0.05, 0) is 18.9 Å². The van der Waals surface area contributed by atoms with Gasteiger partial charge in [-0.2, -0.15) is 0 Å². The molecule has 1 amide bonds. The standard InChI is InChI=1S/C15H23NO2/c1-3-8-14(13-9-6-5-7-10-13)15(18)16(4-2)11-12-17/h5-7,9-10,14,17H,3-4,8,11-12H2,1-2H3/t14-/m0/s1. The highest BCUT2D eigenvalue weighted by Crippen LogP contribution is 2.23. The normalized spacial score (nSPS) is 12.2. The quantitative estimate of drug-likeness (QED) is 0.806. The summed E-state index contributed by atoms with van der Waals surface area (Å²) in [6.07, 6.45) is 1.83. The molecule has 3 nitrogen and oxygen atoms in total. The van der Waals surface area contributed by atoms with Gasteiger partial charge in [-0.1, -0.05) is 43.7 Å². The molecule has 0 aromatic heterocycles. The molecule has 0 saturated heterocycles. The predicted octanol–water partition coefficient (Wildman–Crippen LogP) is 2.41. The summed E-state index contributed by atoms with van der Waals surface area (Å²) in [6, 6.07) is 9.90. The second kappa shape index (κ2) is 7.88. The van der Waals surface area contributed by atoms with Gasteiger partial charge in [-0.25, -0.2) is 0 Å². The third-order valence-electron chi connectivity index (χ3n) is 3.14. The van der Waals surface area contributed by atoms with Crippen molar-refractivity contribution < 1.29 is 9.90 Å². The van der Waals surface area contributed by atoms with Crippen molar-refractivity contribution in [3.05, 3.63) is 35.9 Å². The van der Waals surface area contributed by atoms with Gasteiger partial charge in [-0.3, -0.25) is 4.79 Å². The second-order valence-corrected chi connectivity index (χ2v) is 4.39. The van der Waals surface area contributed by atoms with Crippen molar-refractivity contribution in [1.29, 1.82) is 0 Å². The third kappa shape index (κ3) is 3.84. The van der Waals surface area contributed by atoms with Crippen molar-refractivity contribution in [2.24, 2.45) is 0 Å². The topological polar surface area (TPSA) is 40.5 Å². The van der Waals surface area contributed by atoms with E-state index in [4.69, 9.17) is 5.11 Å². The van der Waals surface area contributed by atoms with Gasteiger partial charge in [0, 0.05) is 13.1 Å². The molecule has 3 heteroatoms. The molecule has 0 fully saturated rings. The van der Waals surface area contributed by atoms with E-state index in [1.807, 2.05) is 37.3 Å². The average molecular weight is 249 g/mol. The maximum absolute atomic E-state index is 12.5. The van der Waals surface area contributed by atoms with Crippen molar-refractivity contribution in [2.75, 3.05) is 19.7 Å². The molecule has 0 bridgehead atoms. The minimum absolute atomic E-state index is 0.0210. The number of likely N-dealkylation sites (N-methyl/N-ethyl adjacent to an activating group) is 1. The number of benzene rings is 1. The van der Waals surface area contributed by atoms with Crippen molar-refractivity contribution >= 4 is 5.91 Å². The number of hydrogen-bond donors (Lipinski definition) is 1. The molecule has 0 saturated carbocycles. The van der Waals surface area contributed by atoms with Crippen molar-refractivity contribution in [1.82, 2.24) is 4.90 Å². The lowest BCUT2D eigenvalue weighted by atomic mass is 9.93. The summed E-state index contributed by atoms with van der Waals surface area (Å²) in [6.45, 7) is 5.12. The second-order valence-electron chi connectivity index (χ2n) is 4.39.